The highest BCUT2D eigenvalue weighted by molar-refractivity contribution is 6.99. The Morgan fingerprint density at radius 1 is 0.933 bits per heavy atom. The van der Waals surface area contributed by atoms with Gasteiger partial charge in [0.2, 0.25) is 5.91 Å². The number of carbonyl (C=O) groups excluding carboxylic acids is 3. The predicted octanol–water partition coefficient (Wildman–Crippen LogP) is 5.37. The Bertz CT molecular complexity index is 1280. The lowest BCUT2D eigenvalue weighted by Gasteiger charge is -2.55. The Morgan fingerprint density at radius 3 is 1.98 bits per heavy atom. The molecule has 3 amide bonds. The molecular weight excluding hydrogens is 582 g/mol. The molecule has 2 aromatic carbocycles. The summed E-state index contributed by atoms with van der Waals surface area (Å²) in [5.41, 5.74) is 4.51. The van der Waals surface area contributed by atoms with Gasteiger partial charge in [0, 0.05) is 6.54 Å². The molecule has 2 saturated heterocycles. The van der Waals surface area contributed by atoms with E-state index in [2.05, 4.69) is 52.0 Å². The van der Waals surface area contributed by atoms with Crippen molar-refractivity contribution >= 4 is 36.6 Å². The molecule has 2 fully saturated rings. The zero-order chi connectivity index (χ0) is 33.0. The highest BCUT2D eigenvalue weighted by Gasteiger charge is 2.64. The normalized spacial score (nSPS) is 20.2. The summed E-state index contributed by atoms with van der Waals surface area (Å²) in [7, 11) is -3.07. The standard InChI is InChI=1S/C36H53N3O5Si/c1-8-9-10-17-23-29(44-45(35(5,6)7,27-19-13-11-14-20-27)28-21-15-12-16-22-28)30(31(37)40)38-26-36(32(38)41)24-18-25-39(36)33(42)43-34(2,3)4/h11-16,19-22,29-30H,8-10,17-18,23-26H2,1-7H3,(H2,37,40)/t29?,30-,36?/m0/s1. The summed E-state index contributed by atoms with van der Waals surface area (Å²) >= 11 is 0. The Hall–Kier alpha value is -3.17. The van der Waals surface area contributed by atoms with Crippen molar-refractivity contribution in [2.75, 3.05) is 13.1 Å². The van der Waals surface area contributed by atoms with E-state index in [1.54, 1.807) is 9.80 Å². The smallest absolute Gasteiger partial charge is 0.411 e. The average Bonchev–Trinajstić information content (AvgIpc) is 3.44. The van der Waals surface area contributed by atoms with Crippen LogP contribution in [0.15, 0.2) is 60.7 Å². The highest BCUT2D eigenvalue weighted by atomic mass is 28.4. The van der Waals surface area contributed by atoms with Gasteiger partial charge in [-0.1, -0.05) is 114 Å². The molecule has 2 aromatic rings. The molecule has 1 spiro atoms. The summed E-state index contributed by atoms with van der Waals surface area (Å²) in [6, 6.07) is 19.7. The van der Waals surface area contributed by atoms with Crippen molar-refractivity contribution in [3.8, 4) is 0 Å². The molecule has 2 aliphatic rings. The second kappa shape index (κ2) is 13.7. The Balaban J connectivity index is 1.76. The van der Waals surface area contributed by atoms with Crippen molar-refractivity contribution in [3.63, 3.8) is 0 Å². The number of primary amides is 1. The molecule has 8 nitrogen and oxygen atoms in total. The van der Waals surface area contributed by atoms with Crippen LogP contribution in [0.4, 0.5) is 4.79 Å². The van der Waals surface area contributed by atoms with Gasteiger partial charge in [-0.2, -0.15) is 0 Å². The van der Waals surface area contributed by atoms with Crippen molar-refractivity contribution in [3.05, 3.63) is 60.7 Å². The first-order valence-electron chi connectivity index (χ1n) is 16.6. The Kier molecular flexibility index (Phi) is 10.5. The van der Waals surface area contributed by atoms with E-state index >= 15 is 0 Å². The predicted molar refractivity (Wildman–Crippen MR) is 181 cm³/mol. The van der Waals surface area contributed by atoms with Crippen LogP contribution in [-0.4, -0.2) is 72.4 Å². The summed E-state index contributed by atoms with van der Waals surface area (Å²) in [5, 5.41) is 1.88. The fourth-order valence-corrected chi connectivity index (χ4v) is 11.9. The Morgan fingerprint density at radius 2 is 1.51 bits per heavy atom. The third-order valence-electron chi connectivity index (χ3n) is 9.26. The summed E-state index contributed by atoms with van der Waals surface area (Å²) in [6.45, 7) is 14.9. The van der Waals surface area contributed by atoms with Crippen LogP contribution in [0.5, 0.6) is 0 Å². The van der Waals surface area contributed by atoms with Crippen molar-refractivity contribution in [2.24, 2.45) is 5.73 Å². The third kappa shape index (κ3) is 6.99. The molecule has 246 valence electrons. The second-order valence-corrected chi connectivity index (χ2v) is 19.0. The molecular formula is C36H53N3O5Si. The molecule has 2 unspecified atom stereocenters. The number of amides is 3. The van der Waals surface area contributed by atoms with Gasteiger partial charge in [0.05, 0.1) is 12.6 Å². The molecule has 0 aromatic heterocycles. The number of likely N-dealkylation sites (tertiary alicyclic amines) is 2. The minimum Gasteiger partial charge on any atom is -0.444 e. The maximum absolute atomic E-state index is 14.2. The number of benzene rings is 2. The minimum absolute atomic E-state index is 0.230. The molecule has 0 radical (unpaired) electrons. The highest BCUT2D eigenvalue weighted by Crippen LogP contribution is 2.43. The van der Waals surface area contributed by atoms with Crippen LogP contribution >= 0.6 is 0 Å². The van der Waals surface area contributed by atoms with Crippen molar-refractivity contribution < 1.29 is 23.5 Å². The van der Waals surface area contributed by atoms with Crippen LogP contribution < -0.4 is 16.1 Å². The molecule has 0 bridgehead atoms. The number of unbranched alkanes of at least 4 members (excludes halogenated alkanes) is 3. The number of hydrogen-bond donors (Lipinski definition) is 1. The van der Waals surface area contributed by atoms with Gasteiger partial charge >= 0.3 is 6.09 Å². The van der Waals surface area contributed by atoms with Crippen LogP contribution in [0.1, 0.15) is 93.4 Å². The molecule has 4 rings (SSSR count). The number of ether oxygens (including phenoxy) is 1. The molecule has 45 heavy (non-hydrogen) atoms. The maximum Gasteiger partial charge on any atom is 0.411 e. The largest absolute Gasteiger partial charge is 0.444 e. The number of rotatable bonds is 12. The minimum atomic E-state index is -3.07. The maximum atomic E-state index is 14.2. The third-order valence-corrected chi connectivity index (χ3v) is 14.3. The van der Waals surface area contributed by atoms with E-state index in [1.165, 1.54) is 0 Å². The average molecular weight is 636 g/mol. The van der Waals surface area contributed by atoms with Gasteiger partial charge in [-0.25, -0.2) is 4.79 Å². The SMILES string of the molecule is CCCCCCC(O[Si](c1ccccc1)(c1ccccc1)C(C)(C)C)[C@@H](C(N)=O)N1CC2(CCCN2C(=O)OC(C)(C)C)C1=O. The van der Waals surface area contributed by atoms with Crippen molar-refractivity contribution in [2.45, 2.75) is 122 Å². The first-order valence-corrected chi connectivity index (χ1v) is 18.5. The van der Waals surface area contributed by atoms with Crippen LogP contribution in [0, 0.1) is 0 Å². The number of carbonyl (C=O) groups is 3. The van der Waals surface area contributed by atoms with E-state index in [-0.39, 0.29) is 17.5 Å². The molecule has 2 heterocycles. The van der Waals surface area contributed by atoms with E-state index in [4.69, 9.17) is 14.9 Å². The lowest BCUT2D eigenvalue weighted by atomic mass is 9.83. The van der Waals surface area contributed by atoms with E-state index in [9.17, 15) is 14.4 Å². The van der Waals surface area contributed by atoms with Gasteiger partial charge < -0.3 is 19.8 Å². The number of β-lactam (4-membered cyclic amide) rings is 1. The number of hydrogen-bond acceptors (Lipinski definition) is 5. The first-order chi connectivity index (χ1) is 21.2. The van der Waals surface area contributed by atoms with Crippen molar-refractivity contribution in [1.82, 2.24) is 9.80 Å². The molecule has 3 atom stereocenters. The van der Waals surface area contributed by atoms with E-state index in [0.29, 0.717) is 25.8 Å². The van der Waals surface area contributed by atoms with Gasteiger partial charge in [-0.05, 0) is 55.4 Å². The molecule has 2 N–H and O–H groups in total. The number of nitrogens with two attached hydrogens (primary N) is 1. The quantitative estimate of drug-likeness (QED) is 0.192. The monoisotopic (exact) mass is 635 g/mol. The first kappa shape index (κ1) is 34.7. The topological polar surface area (TPSA) is 102 Å². The van der Waals surface area contributed by atoms with Gasteiger partial charge in [0.15, 0.2) is 0 Å². The van der Waals surface area contributed by atoms with Gasteiger partial charge in [0.25, 0.3) is 14.2 Å². The van der Waals surface area contributed by atoms with Crippen LogP contribution in [0.2, 0.25) is 5.04 Å². The van der Waals surface area contributed by atoms with Crippen LogP contribution in [0.3, 0.4) is 0 Å². The molecule has 0 aliphatic carbocycles. The molecule has 2 aliphatic heterocycles. The lowest BCUT2D eigenvalue weighted by molar-refractivity contribution is -0.171. The van der Waals surface area contributed by atoms with Gasteiger partial charge in [0.1, 0.15) is 17.2 Å². The molecule has 0 saturated carbocycles. The van der Waals surface area contributed by atoms with Gasteiger partial charge in [-0.3, -0.25) is 14.5 Å². The number of nitrogens with zero attached hydrogens (tertiary/aromatic N) is 2. The van der Waals surface area contributed by atoms with Gasteiger partial charge in [-0.15, -0.1) is 0 Å². The summed E-state index contributed by atoms with van der Waals surface area (Å²) in [5.74, 6) is -0.835. The van der Waals surface area contributed by atoms with E-state index in [1.807, 2.05) is 57.2 Å². The zero-order valence-corrected chi connectivity index (χ0v) is 29.3. The summed E-state index contributed by atoms with van der Waals surface area (Å²) in [6.07, 6.45) is 4.68. The fourth-order valence-electron chi connectivity index (χ4n) is 7.18. The molecule has 9 heteroatoms. The van der Waals surface area contributed by atoms with Crippen LogP contribution in [-0.2, 0) is 18.8 Å². The summed E-state index contributed by atoms with van der Waals surface area (Å²) in [4.78, 5) is 44.0. The van der Waals surface area contributed by atoms with E-state index < -0.39 is 43.6 Å². The van der Waals surface area contributed by atoms with E-state index in [0.717, 1.165) is 36.1 Å². The van der Waals surface area contributed by atoms with Crippen molar-refractivity contribution in [1.29, 1.82) is 0 Å². The zero-order valence-electron chi connectivity index (χ0n) is 28.3. The van der Waals surface area contributed by atoms with Crippen LogP contribution in [0.25, 0.3) is 0 Å². The lowest BCUT2D eigenvalue weighted by Crippen LogP contribution is -2.78. The Labute approximate surface area is 270 Å². The summed E-state index contributed by atoms with van der Waals surface area (Å²) < 4.78 is 13.2. The fraction of sp³-hybridized carbons (Fsp3) is 0.583. The second-order valence-electron chi connectivity index (χ2n) is 14.7.